The average Bonchev–Trinajstić information content (AvgIpc) is 2.66. The molecule has 2 aromatic rings. The number of carbonyl (C=O) groups excluding carboxylic acids is 1. The van der Waals surface area contributed by atoms with Gasteiger partial charge in [0.25, 0.3) is 0 Å². The molecule has 0 atom stereocenters. The molecule has 0 aliphatic carbocycles. The summed E-state index contributed by atoms with van der Waals surface area (Å²) in [4.78, 5) is 12.1. The van der Waals surface area contributed by atoms with Gasteiger partial charge >= 0.3 is 5.97 Å². The molecule has 5 heteroatoms. The molecule has 0 N–H and O–H groups in total. The number of hydrogen-bond acceptors (Lipinski definition) is 5. The highest BCUT2D eigenvalue weighted by atomic mass is 16.5. The Morgan fingerprint density at radius 1 is 1.14 bits per heavy atom. The van der Waals surface area contributed by atoms with Crippen LogP contribution in [0.25, 0.3) is 6.08 Å². The van der Waals surface area contributed by atoms with Gasteiger partial charge in [-0.1, -0.05) is 17.7 Å². The maximum absolute atomic E-state index is 12.1. The van der Waals surface area contributed by atoms with E-state index < -0.39 is 5.97 Å². The Bertz CT molecular complexity index is 905. The van der Waals surface area contributed by atoms with Gasteiger partial charge in [-0.2, -0.15) is 5.26 Å². The summed E-state index contributed by atoms with van der Waals surface area (Å²) < 4.78 is 16.2. The number of esters is 1. The molecule has 28 heavy (non-hydrogen) atoms. The molecule has 2 rings (SSSR count). The average molecular weight is 379 g/mol. The third kappa shape index (κ3) is 5.62. The van der Waals surface area contributed by atoms with E-state index in [-0.39, 0.29) is 11.7 Å². The predicted molar refractivity (Wildman–Crippen MR) is 108 cm³/mol. The van der Waals surface area contributed by atoms with E-state index in [1.54, 1.807) is 27.0 Å². The molecule has 146 valence electrons. The first kappa shape index (κ1) is 21.0. The Kier molecular flexibility index (Phi) is 7.22. The summed E-state index contributed by atoms with van der Waals surface area (Å²) in [6.07, 6.45) is 1.29. The molecule has 0 aliphatic rings. The number of nitrogens with zero attached hydrogens (tertiary/aromatic N) is 1. The van der Waals surface area contributed by atoms with Crippen molar-refractivity contribution < 1.29 is 19.0 Å². The van der Waals surface area contributed by atoms with E-state index in [1.807, 2.05) is 56.3 Å². The second-order valence-corrected chi connectivity index (χ2v) is 6.73. The van der Waals surface area contributed by atoms with Gasteiger partial charge in [-0.3, -0.25) is 0 Å². The topological polar surface area (TPSA) is 68.5 Å². The molecule has 0 radical (unpaired) electrons. The minimum Gasteiger partial charge on any atom is -0.497 e. The monoisotopic (exact) mass is 379 g/mol. The van der Waals surface area contributed by atoms with Crippen LogP contribution in [-0.2, 0) is 16.1 Å². The minimum absolute atomic E-state index is 0.0237. The van der Waals surface area contributed by atoms with Crippen LogP contribution in [0.1, 0.15) is 36.1 Å². The van der Waals surface area contributed by atoms with Crippen LogP contribution in [0.15, 0.2) is 42.0 Å². The first-order valence-corrected chi connectivity index (χ1v) is 9.03. The Balaban J connectivity index is 2.25. The summed E-state index contributed by atoms with van der Waals surface area (Å²) in [5.74, 6) is 0.885. The number of carbonyl (C=O) groups is 1. The molecule has 0 fully saturated rings. The molecule has 5 nitrogen and oxygen atoms in total. The highest BCUT2D eigenvalue weighted by molar-refractivity contribution is 5.98. The van der Waals surface area contributed by atoms with Crippen molar-refractivity contribution in [1.29, 1.82) is 5.26 Å². The van der Waals surface area contributed by atoms with Gasteiger partial charge in [-0.05, 0) is 74.7 Å². The van der Waals surface area contributed by atoms with Crippen LogP contribution in [-0.4, -0.2) is 19.2 Å². The Morgan fingerprint density at radius 2 is 1.79 bits per heavy atom. The predicted octanol–water partition coefficient (Wildman–Crippen LogP) is 4.75. The van der Waals surface area contributed by atoms with E-state index in [1.165, 1.54) is 0 Å². The van der Waals surface area contributed by atoms with Crippen LogP contribution in [0.3, 0.4) is 0 Å². The number of rotatable bonds is 7. The van der Waals surface area contributed by atoms with Crippen LogP contribution < -0.4 is 9.47 Å². The summed E-state index contributed by atoms with van der Waals surface area (Å²) in [6, 6.07) is 13.3. The Labute approximate surface area is 166 Å². The number of methoxy groups -OCH3 is 1. The van der Waals surface area contributed by atoms with Gasteiger partial charge < -0.3 is 14.2 Å². The lowest BCUT2D eigenvalue weighted by molar-refractivity contribution is -0.142. The van der Waals surface area contributed by atoms with Crippen molar-refractivity contribution in [2.75, 3.05) is 7.11 Å². The standard InChI is InChI=1S/C23H25NO4/c1-15(2)28-23(25)19(13-24)12-18-10-16(3)11-20(17(18)4)14-27-22-8-6-21(26-5)7-9-22/h6-12,15H,14H2,1-5H3. The summed E-state index contributed by atoms with van der Waals surface area (Å²) in [5, 5.41) is 9.34. The van der Waals surface area contributed by atoms with Crippen molar-refractivity contribution in [1.82, 2.24) is 0 Å². The number of aryl methyl sites for hydroxylation is 1. The number of ether oxygens (including phenoxy) is 3. The lowest BCUT2D eigenvalue weighted by atomic mass is 9.98. The van der Waals surface area contributed by atoms with Crippen LogP contribution in [0.2, 0.25) is 0 Å². The normalized spacial score (nSPS) is 11.1. The zero-order chi connectivity index (χ0) is 20.7. The molecule has 0 spiro atoms. The fourth-order valence-electron chi connectivity index (χ4n) is 2.67. The number of hydrogen-bond donors (Lipinski definition) is 0. The zero-order valence-corrected chi connectivity index (χ0v) is 16.9. The molecule has 0 aromatic heterocycles. The molecular weight excluding hydrogens is 354 g/mol. The highest BCUT2D eigenvalue weighted by Crippen LogP contribution is 2.23. The number of benzene rings is 2. The molecule has 0 aliphatic heterocycles. The summed E-state index contributed by atoms with van der Waals surface area (Å²) >= 11 is 0. The number of nitriles is 1. The summed E-state index contributed by atoms with van der Waals surface area (Å²) in [6.45, 7) is 7.78. The molecule has 2 aromatic carbocycles. The van der Waals surface area contributed by atoms with E-state index in [0.717, 1.165) is 33.8 Å². The first-order valence-electron chi connectivity index (χ1n) is 9.03. The maximum Gasteiger partial charge on any atom is 0.349 e. The third-order valence-electron chi connectivity index (χ3n) is 4.14. The maximum atomic E-state index is 12.1. The SMILES string of the molecule is COc1ccc(OCc2cc(C)cc(C=C(C#N)C(=O)OC(C)C)c2C)cc1. The first-order chi connectivity index (χ1) is 13.3. The largest absolute Gasteiger partial charge is 0.497 e. The van der Waals surface area contributed by atoms with Gasteiger partial charge in [0.2, 0.25) is 0 Å². The van der Waals surface area contributed by atoms with Gasteiger partial charge in [0.15, 0.2) is 0 Å². The third-order valence-corrected chi connectivity index (χ3v) is 4.14. The van der Waals surface area contributed by atoms with Gasteiger partial charge in [-0.25, -0.2) is 4.79 Å². The van der Waals surface area contributed by atoms with Crippen molar-refractivity contribution in [2.45, 2.75) is 40.4 Å². The van der Waals surface area contributed by atoms with Crippen molar-refractivity contribution >= 4 is 12.0 Å². The zero-order valence-electron chi connectivity index (χ0n) is 16.9. The van der Waals surface area contributed by atoms with E-state index in [0.29, 0.717) is 6.61 Å². The second-order valence-electron chi connectivity index (χ2n) is 6.73. The van der Waals surface area contributed by atoms with Crippen LogP contribution in [0.5, 0.6) is 11.5 Å². The second kappa shape index (κ2) is 9.61. The Morgan fingerprint density at radius 3 is 2.36 bits per heavy atom. The van der Waals surface area contributed by atoms with Crippen LogP contribution in [0.4, 0.5) is 0 Å². The molecule has 0 saturated carbocycles. The van der Waals surface area contributed by atoms with Crippen molar-refractivity contribution in [3.8, 4) is 17.6 Å². The van der Waals surface area contributed by atoms with Crippen molar-refractivity contribution in [3.63, 3.8) is 0 Å². The fraction of sp³-hybridized carbons (Fsp3) is 0.304. The van der Waals surface area contributed by atoms with Crippen molar-refractivity contribution in [2.24, 2.45) is 0 Å². The molecule has 0 unspecified atom stereocenters. The van der Waals surface area contributed by atoms with Gasteiger partial charge in [0, 0.05) is 0 Å². The van der Waals surface area contributed by atoms with Crippen LogP contribution >= 0.6 is 0 Å². The lowest BCUT2D eigenvalue weighted by Crippen LogP contribution is -2.13. The van der Waals surface area contributed by atoms with Gasteiger partial charge in [-0.15, -0.1) is 0 Å². The van der Waals surface area contributed by atoms with E-state index in [2.05, 4.69) is 0 Å². The Hall–Kier alpha value is -3.26. The lowest BCUT2D eigenvalue weighted by Gasteiger charge is -2.13. The fourth-order valence-corrected chi connectivity index (χ4v) is 2.67. The summed E-state index contributed by atoms with van der Waals surface area (Å²) in [7, 11) is 1.62. The molecule has 0 saturated heterocycles. The summed E-state index contributed by atoms with van der Waals surface area (Å²) in [5.41, 5.74) is 3.72. The molecular formula is C23H25NO4. The molecule has 0 amide bonds. The van der Waals surface area contributed by atoms with E-state index in [4.69, 9.17) is 14.2 Å². The van der Waals surface area contributed by atoms with Crippen molar-refractivity contribution in [3.05, 3.63) is 64.2 Å². The van der Waals surface area contributed by atoms with E-state index in [9.17, 15) is 10.1 Å². The molecule has 0 bridgehead atoms. The van der Waals surface area contributed by atoms with Gasteiger partial charge in [0.05, 0.1) is 13.2 Å². The quantitative estimate of drug-likeness (QED) is 0.394. The smallest absolute Gasteiger partial charge is 0.349 e. The minimum atomic E-state index is -0.616. The van der Waals surface area contributed by atoms with Crippen LogP contribution in [0, 0.1) is 25.2 Å². The highest BCUT2D eigenvalue weighted by Gasteiger charge is 2.14. The van der Waals surface area contributed by atoms with Gasteiger partial charge in [0.1, 0.15) is 29.7 Å². The molecule has 0 heterocycles. The van der Waals surface area contributed by atoms with E-state index >= 15 is 0 Å².